The maximum absolute atomic E-state index is 13.1. The number of methoxy groups -OCH3 is 1. The first-order valence-electron chi connectivity index (χ1n) is 8.32. The Hall–Kier alpha value is -3.35. The molecule has 0 bridgehead atoms. The minimum absolute atomic E-state index is 0.0220. The van der Waals surface area contributed by atoms with Gasteiger partial charge in [-0.15, -0.1) is 0 Å². The summed E-state index contributed by atoms with van der Waals surface area (Å²) in [7, 11) is 1.18. The third-order valence-corrected chi connectivity index (χ3v) is 4.33. The normalized spacial score (nSPS) is 16.1. The molecular formula is C21H16F3NO3. The highest BCUT2D eigenvalue weighted by Gasteiger charge is 2.39. The van der Waals surface area contributed by atoms with Crippen molar-refractivity contribution in [2.45, 2.75) is 13.1 Å². The minimum atomic E-state index is -4.55. The molecule has 3 rings (SSSR count). The lowest BCUT2D eigenvalue weighted by molar-refractivity contribution is -0.137. The highest BCUT2D eigenvalue weighted by Crippen LogP contribution is 2.38. The van der Waals surface area contributed by atoms with E-state index in [2.05, 4.69) is 0 Å². The number of hydrogen-bond acceptors (Lipinski definition) is 3. The predicted molar refractivity (Wildman–Crippen MR) is 98.1 cm³/mol. The maximum atomic E-state index is 13.1. The molecule has 0 N–H and O–H groups in total. The van der Waals surface area contributed by atoms with Crippen LogP contribution < -0.4 is 4.90 Å². The standard InChI is InChI=1S/C21H16F3NO3/c1-13-18(20(27)28-2)17(11-14-7-4-3-5-8-14)19(26)25(13)16-10-6-9-15(12-16)21(22,23)24/h3-12H,1-2H3/b17-11-. The first-order chi connectivity index (χ1) is 13.2. The minimum Gasteiger partial charge on any atom is -0.465 e. The van der Waals surface area contributed by atoms with Crippen molar-refractivity contribution in [3.05, 3.63) is 82.6 Å². The van der Waals surface area contributed by atoms with Gasteiger partial charge >= 0.3 is 12.1 Å². The van der Waals surface area contributed by atoms with E-state index >= 15 is 0 Å². The van der Waals surface area contributed by atoms with E-state index in [-0.39, 0.29) is 22.5 Å². The highest BCUT2D eigenvalue weighted by molar-refractivity contribution is 6.23. The van der Waals surface area contributed by atoms with E-state index < -0.39 is 23.6 Å². The van der Waals surface area contributed by atoms with Gasteiger partial charge in [0, 0.05) is 11.4 Å². The van der Waals surface area contributed by atoms with Crippen molar-refractivity contribution in [2.24, 2.45) is 0 Å². The van der Waals surface area contributed by atoms with Crippen LogP contribution in [0.4, 0.5) is 18.9 Å². The summed E-state index contributed by atoms with van der Waals surface area (Å²) in [5, 5.41) is 0. The Labute approximate surface area is 159 Å². The molecule has 2 aromatic rings. The molecule has 0 radical (unpaired) electrons. The van der Waals surface area contributed by atoms with Crippen molar-refractivity contribution >= 4 is 23.6 Å². The van der Waals surface area contributed by atoms with E-state index in [1.165, 1.54) is 32.2 Å². The topological polar surface area (TPSA) is 46.6 Å². The van der Waals surface area contributed by atoms with Crippen LogP contribution >= 0.6 is 0 Å². The predicted octanol–water partition coefficient (Wildman–Crippen LogP) is 4.58. The van der Waals surface area contributed by atoms with Crippen LogP contribution in [0.5, 0.6) is 0 Å². The van der Waals surface area contributed by atoms with E-state index in [1.807, 2.05) is 0 Å². The SMILES string of the molecule is COC(=O)C1=C(C)N(c2cccc(C(F)(F)F)c2)C(=O)/C1=C\c1ccccc1. The Balaban J connectivity index is 2.14. The van der Waals surface area contributed by atoms with Gasteiger partial charge in [-0.05, 0) is 36.8 Å². The molecule has 0 saturated heterocycles. The zero-order valence-electron chi connectivity index (χ0n) is 15.1. The van der Waals surface area contributed by atoms with E-state index in [0.29, 0.717) is 5.56 Å². The summed E-state index contributed by atoms with van der Waals surface area (Å²) in [5.74, 6) is -1.33. The van der Waals surface area contributed by atoms with Crippen LogP contribution in [0.15, 0.2) is 71.4 Å². The Kier molecular flexibility index (Phi) is 5.09. The molecule has 0 spiro atoms. The third kappa shape index (κ3) is 3.55. The number of hydrogen-bond donors (Lipinski definition) is 0. The molecule has 1 aliphatic heterocycles. The molecule has 28 heavy (non-hydrogen) atoms. The molecule has 0 fully saturated rings. The number of rotatable bonds is 3. The lowest BCUT2D eigenvalue weighted by Crippen LogP contribution is -2.24. The van der Waals surface area contributed by atoms with Gasteiger partial charge in [0.15, 0.2) is 0 Å². The summed E-state index contributed by atoms with van der Waals surface area (Å²) >= 11 is 0. The molecular weight excluding hydrogens is 371 g/mol. The lowest BCUT2D eigenvalue weighted by atomic mass is 10.0. The molecule has 0 unspecified atom stereocenters. The van der Waals surface area contributed by atoms with Gasteiger partial charge < -0.3 is 4.74 Å². The number of carbonyl (C=O) groups is 2. The molecule has 0 aliphatic carbocycles. The smallest absolute Gasteiger partial charge is 0.416 e. The number of ether oxygens (including phenoxy) is 1. The summed E-state index contributed by atoms with van der Waals surface area (Å²) in [4.78, 5) is 26.4. The number of benzene rings is 2. The Morgan fingerprint density at radius 3 is 2.36 bits per heavy atom. The Bertz CT molecular complexity index is 991. The number of alkyl halides is 3. The number of nitrogens with zero attached hydrogens (tertiary/aromatic N) is 1. The number of amides is 1. The van der Waals surface area contributed by atoms with Gasteiger partial charge in [-0.2, -0.15) is 13.2 Å². The fourth-order valence-electron chi connectivity index (χ4n) is 3.03. The van der Waals surface area contributed by atoms with E-state index in [1.54, 1.807) is 30.3 Å². The second-order valence-electron chi connectivity index (χ2n) is 6.11. The Morgan fingerprint density at radius 2 is 1.75 bits per heavy atom. The molecule has 1 aliphatic rings. The first kappa shape index (κ1) is 19.4. The monoisotopic (exact) mass is 387 g/mol. The number of carbonyl (C=O) groups excluding carboxylic acids is 2. The average Bonchev–Trinajstić information content (AvgIpc) is 2.91. The van der Waals surface area contributed by atoms with Gasteiger partial charge in [0.05, 0.1) is 23.8 Å². The van der Waals surface area contributed by atoms with Crippen molar-refractivity contribution in [2.75, 3.05) is 12.0 Å². The fraction of sp³-hybridized carbons (Fsp3) is 0.143. The van der Waals surface area contributed by atoms with Crippen LogP contribution in [0.25, 0.3) is 6.08 Å². The molecule has 0 aromatic heterocycles. The van der Waals surface area contributed by atoms with Crippen molar-refractivity contribution < 1.29 is 27.5 Å². The molecule has 4 nitrogen and oxygen atoms in total. The van der Waals surface area contributed by atoms with Gasteiger partial charge in [0.1, 0.15) is 0 Å². The van der Waals surface area contributed by atoms with Gasteiger partial charge in [-0.25, -0.2) is 4.79 Å². The number of esters is 1. The molecule has 0 atom stereocenters. The van der Waals surface area contributed by atoms with Crippen molar-refractivity contribution in [3.8, 4) is 0 Å². The summed E-state index contributed by atoms with van der Waals surface area (Å²) in [6.07, 6.45) is -3.03. The van der Waals surface area contributed by atoms with Gasteiger partial charge in [0.25, 0.3) is 5.91 Å². The quantitative estimate of drug-likeness (QED) is 0.572. The third-order valence-electron chi connectivity index (χ3n) is 4.33. The van der Waals surface area contributed by atoms with Gasteiger partial charge in [0.2, 0.25) is 0 Å². The number of halogens is 3. The van der Waals surface area contributed by atoms with E-state index in [0.717, 1.165) is 17.0 Å². The molecule has 0 saturated carbocycles. The van der Waals surface area contributed by atoms with Crippen LogP contribution in [0.2, 0.25) is 0 Å². The summed E-state index contributed by atoms with van der Waals surface area (Å²) in [6.45, 7) is 1.50. The molecule has 2 aromatic carbocycles. The van der Waals surface area contributed by atoms with Crippen molar-refractivity contribution in [3.63, 3.8) is 0 Å². The summed E-state index contributed by atoms with van der Waals surface area (Å²) in [5.41, 5.74) is 0.104. The molecule has 7 heteroatoms. The fourth-order valence-corrected chi connectivity index (χ4v) is 3.03. The van der Waals surface area contributed by atoms with E-state index in [9.17, 15) is 22.8 Å². The van der Waals surface area contributed by atoms with Crippen molar-refractivity contribution in [1.29, 1.82) is 0 Å². The lowest BCUT2D eigenvalue weighted by Gasteiger charge is -2.19. The molecule has 1 heterocycles. The van der Waals surface area contributed by atoms with Crippen LogP contribution in [0.3, 0.4) is 0 Å². The van der Waals surface area contributed by atoms with Crippen LogP contribution in [0, 0.1) is 0 Å². The largest absolute Gasteiger partial charge is 0.465 e. The molecule has 1 amide bonds. The second-order valence-corrected chi connectivity index (χ2v) is 6.11. The Morgan fingerprint density at radius 1 is 1.07 bits per heavy atom. The zero-order chi connectivity index (χ0) is 20.5. The van der Waals surface area contributed by atoms with E-state index in [4.69, 9.17) is 4.74 Å². The summed E-state index contributed by atoms with van der Waals surface area (Å²) in [6, 6.07) is 13.2. The number of anilines is 1. The molecule has 144 valence electrons. The van der Waals surface area contributed by atoms with Crippen molar-refractivity contribution in [1.82, 2.24) is 0 Å². The average molecular weight is 387 g/mol. The number of allylic oxidation sites excluding steroid dienone is 1. The summed E-state index contributed by atoms with van der Waals surface area (Å²) < 4.78 is 44.0. The van der Waals surface area contributed by atoms with Gasteiger partial charge in [-0.3, -0.25) is 9.69 Å². The van der Waals surface area contributed by atoms with Gasteiger partial charge in [-0.1, -0.05) is 36.4 Å². The highest BCUT2D eigenvalue weighted by atomic mass is 19.4. The maximum Gasteiger partial charge on any atom is 0.416 e. The van der Waals surface area contributed by atoms with Crippen LogP contribution in [0.1, 0.15) is 18.1 Å². The second kappa shape index (κ2) is 7.34. The first-order valence-corrected chi connectivity index (χ1v) is 8.32. The zero-order valence-corrected chi connectivity index (χ0v) is 15.1. The van der Waals surface area contributed by atoms with Crippen LogP contribution in [-0.2, 0) is 20.5 Å². The van der Waals surface area contributed by atoms with Crippen LogP contribution in [-0.4, -0.2) is 19.0 Å².